The SMILES string of the molecule is Cc1cc(C#N)nn1-c1nc(Cl)ccc1OC(C)C(F)F. The van der Waals surface area contributed by atoms with Gasteiger partial charge in [0.15, 0.2) is 23.4 Å². The fourth-order valence-electron chi connectivity index (χ4n) is 1.65. The van der Waals surface area contributed by atoms with E-state index in [4.69, 9.17) is 21.6 Å². The lowest BCUT2D eigenvalue weighted by Gasteiger charge is -2.16. The van der Waals surface area contributed by atoms with E-state index in [2.05, 4.69) is 10.1 Å². The normalized spacial score (nSPS) is 12.2. The Morgan fingerprint density at radius 1 is 1.43 bits per heavy atom. The number of pyridine rings is 1. The highest BCUT2D eigenvalue weighted by molar-refractivity contribution is 6.29. The van der Waals surface area contributed by atoms with Crippen LogP contribution in [0.25, 0.3) is 5.82 Å². The second-order valence-corrected chi connectivity index (χ2v) is 4.69. The van der Waals surface area contributed by atoms with E-state index in [0.29, 0.717) is 5.69 Å². The van der Waals surface area contributed by atoms with Crippen LogP contribution < -0.4 is 4.74 Å². The molecule has 1 atom stereocenters. The number of alkyl halides is 2. The summed E-state index contributed by atoms with van der Waals surface area (Å²) >= 11 is 5.84. The van der Waals surface area contributed by atoms with Crippen molar-refractivity contribution < 1.29 is 13.5 Å². The van der Waals surface area contributed by atoms with E-state index in [-0.39, 0.29) is 22.4 Å². The van der Waals surface area contributed by atoms with Gasteiger partial charge in [-0.15, -0.1) is 0 Å². The lowest BCUT2D eigenvalue weighted by atomic mass is 10.3. The highest BCUT2D eigenvalue weighted by atomic mass is 35.5. The van der Waals surface area contributed by atoms with Gasteiger partial charge in [0.25, 0.3) is 6.43 Å². The molecule has 110 valence electrons. The largest absolute Gasteiger partial charge is 0.481 e. The first-order valence-corrected chi connectivity index (χ1v) is 6.38. The molecule has 8 heteroatoms. The molecular formula is C13H11ClF2N4O. The van der Waals surface area contributed by atoms with Gasteiger partial charge < -0.3 is 4.74 Å². The van der Waals surface area contributed by atoms with E-state index in [1.165, 1.54) is 23.7 Å². The Hall–Kier alpha value is -2.20. The lowest BCUT2D eigenvalue weighted by Crippen LogP contribution is -2.22. The predicted molar refractivity (Wildman–Crippen MR) is 71.9 cm³/mol. The molecule has 0 spiro atoms. The standard InChI is InChI=1S/C13H11ClF2N4O/c1-7-5-9(6-17)19-20(7)13-10(3-4-11(14)18-13)21-8(2)12(15)16/h3-5,8,12H,1-2H3. The van der Waals surface area contributed by atoms with Crippen molar-refractivity contribution in [2.75, 3.05) is 0 Å². The zero-order chi connectivity index (χ0) is 15.6. The molecule has 5 nitrogen and oxygen atoms in total. The number of halogens is 3. The Morgan fingerprint density at radius 3 is 2.71 bits per heavy atom. The van der Waals surface area contributed by atoms with E-state index in [1.54, 1.807) is 13.0 Å². The van der Waals surface area contributed by atoms with Crippen LogP contribution in [0.2, 0.25) is 5.15 Å². The van der Waals surface area contributed by atoms with Crippen LogP contribution in [0.4, 0.5) is 8.78 Å². The summed E-state index contributed by atoms with van der Waals surface area (Å²) in [6, 6.07) is 6.32. The quantitative estimate of drug-likeness (QED) is 0.814. The minimum atomic E-state index is -2.64. The summed E-state index contributed by atoms with van der Waals surface area (Å²) in [7, 11) is 0. The van der Waals surface area contributed by atoms with Gasteiger partial charge in [-0.25, -0.2) is 18.4 Å². The van der Waals surface area contributed by atoms with Crippen LogP contribution in [0.15, 0.2) is 18.2 Å². The van der Waals surface area contributed by atoms with E-state index < -0.39 is 12.5 Å². The lowest BCUT2D eigenvalue weighted by molar-refractivity contribution is 0.0223. The molecule has 0 amide bonds. The molecule has 0 aliphatic rings. The third-order valence-electron chi connectivity index (χ3n) is 2.68. The number of rotatable bonds is 4. The van der Waals surface area contributed by atoms with Gasteiger partial charge in [0.05, 0.1) is 0 Å². The Balaban J connectivity index is 2.49. The topological polar surface area (TPSA) is 63.7 Å². The van der Waals surface area contributed by atoms with Crippen molar-refractivity contribution in [2.45, 2.75) is 26.4 Å². The van der Waals surface area contributed by atoms with E-state index in [9.17, 15) is 8.78 Å². The molecule has 2 aromatic heterocycles. The Morgan fingerprint density at radius 2 is 2.14 bits per heavy atom. The summed E-state index contributed by atoms with van der Waals surface area (Å²) < 4.78 is 31.8. The molecule has 1 unspecified atom stereocenters. The molecule has 0 aliphatic heterocycles. The maximum absolute atomic E-state index is 12.6. The van der Waals surface area contributed by atoms with Crippen molar-refractivity contribution in [2.24, 2.45) is 0 Å². The van der Waals surface area contributed by atoms with E-state index in [1.807, 2.05) is 6.07 Å². The molecule has 0 aromatic carbocycles. The second-order valence-electron chi connectivity index (χ2n) is 4.31. The van der Waals surface area contributed by atoms with Crippen molar-refractivity contribution in [3.05, 3.63) is 34.7 Å². The zero-order valence-electron chi connectivity index (χ0n) is 11.2. The number of nitrogens with zero attached hydrogens (tertiary/aromatic N) is 4. The van der Waals surface area contributed by atoms with Crippen LogP contribution >= 0.6 is 11.6 Å². The summed E-state index contributed by atoms with van der Waals surface area (Å²) in [6.07, 6.45) is -3.94. The first kappa shape index (κ1) is 15.2. The molecule has 0 fully saturated rings. The maximum atomic E-state index is 12.6. The summed E-state index contributed by atoms with van der Waals surface area (Å²) in [6.45, 7) is 2.95. The first-order valence-electron chi connectivity index (χ1n) is 6.01. The van der Waals surface area contributed by atoms with Gasteiger partial charge in [-0.3, -0.25) is 0 Å². The van der Waals surface area contributed by atoms with Gasteiger partial charge in [0.1, 0.15) is 11.2 Å². The third kappa shape index (κ3) is 3.28. The predicted octanol–water partition coefficient (Wildman–Crippen LogP) is 3.13. The fraction of sp³-hybridized carbons (Fsp3) is 0.308. The van der Waals surface area contributed by atoms with Crippen LogP contribution in [0.5, 0.6) is 5.75 Å². The Labute approximate surface area is 124 Å². The molecule has 2 rings (SSSR count). The van der Waals surface area contributed by atoms with Crippen molar-refractivity contribution in [1.29, 1.82) is 5.26 Å². The average Bonchev–Trinajstić information content (AvgIpc) is 2.81. The van der Waals surface area contributed by atoms with Crippen LogP contribution in [0, 0.1) is 18.3 Å². The molecule has 21 heavy (non-hydrogen) atoms. The average molecular weight is 313 g/mol. The highest BCUT2D eigenvalue weighted by Crippen LogP contribution is 2.26. The van der Waals surface area contributed by atoms with Crippen LogP contribution in [0.3, 0.4) is 0 Å². The molecule has 0 N–H and O–H groups in total. The highest BCUT2D eigenvalue weighted by Gasteiger charge is 2.20. The minimum Gasteiger partial charge on any atom is -0.481 e. The number of hydrogen-bond acceptors (Lipinski definition) is 4. The smallest absolute Gasteiger partial charge is 0.274 e. The number of hydrogen-bond donors (Lipinski definition) is 0. The summed E-state index contributed by atoms with van der Waals surface area (Å²) in [4.78, 5) is 4.05. The summed E-state index contributed by atoms with van der Waals surface area (Å²) in [5.41, 5.74) is 0.790. The summed E-state index contributed by atoms with van der Waals surface area (Å²) in [5, 5.41) is 13.0. The second kappa shape index (κ2) is 6.06. The number of aromatic nitrogens is 3. The summed E-state index contributed by atoms with van der Waals surface area (Å²) in [5.74, 6) is 0.275. The molecule has 0 saturated carbocycles. The fourth-order valence-corrected chi connectivity index (χ4v) is 1.79. The van der Waals surface area contributed by atoms with E-state index >= 15 is 0 Å². The molecule has 0 radical (unpaired) electrons. The van der Waals surface area contributed by atoms with Gasteiger partial charge >= 0.3 is 0 Å². The van der Waals surface area contributed by atoms with E-state index in [0.717, 1.165) is 0 Å². The van der Waals surface area contributed by atoms with Gasteiger partial charge in [-0.1, -0.05) is 11.6 Å². The minimum absolute atomic E-state index is 0.114. The molecular weight excluding hydrogens is 302 g/mol. The number of aryl methyl sites for hydroxylation is 1. The van der Waals surface area contributed by atoms with Gasteiger partial charge in [-0.2, -0.15) is 10.4 Å². The van der Waals surface area contributed by atoms with Crippen LogP contribution in [0.1, 0.15) is 18.3 Å². The van der Waals surface area contributed by atoms with Gasteiger partial charge in [-0.05, 0) is 32.0 Å². The third-order valence-corrected chi connectivity index (χ3v) is 2.89. The van der Waals surface area contributed by atoms with Gasteiger partial charge in [0.2, 0.25) is 0 Å². The van der Waals surface area contributed by atoms with Gasteiger partial charge in [0, 0.05) is 5.69 Å². The Kier molecular flexibility index (Phi) is 4.38. The molecule has 0 aliphatic carbocycles. The van der Waals surface area contributed by atoms with Crippen LogP contribution in [-0.2, 0) is 0 Å². The maximum Gasteiger partial charge on any atom is 0.274 e. The zero-order valence-corrected chi connectivity index (χ0v) is 12.0. The van der Waals surface area contributed by atoms with Crippen molar-refractivity contribution >= 4 is 11.6 Å². The molecule has 2 aromatic rings. The van der Waals surface area contributed by atoms with Crippen molar-refractivity contribution in [3.63, 3.8) is 0 Å². The number of ether oxygens (including phenoxy) is 1. The molecule has 0 bridgehead atoms. The Bertz CT molecular complexity index is 696. The molecule has 0 saturated heterocycles. The monoisotopic (exact) mass is 312 g/mol. The van der Waals surface area contributed by atoms with Crippen LogP contribution in [-0.4, -0.2) is 27.3 Å². The molecule has 2 heterocycles. The number of nitriles is 1. The van der Waals surface area contributed by atoms with Crippen molar-refractivity contribution in [3.8, 4) is 17.6 Å². The first-order chi connectivity index (χ1) is 9.92. The van der Waals surface area contributed by atoms with Crippen molar-refractivity contribution in [1.82, 2.24) is 14.8 Å².